The first kappa shape index (κ1) is 6.21. The molecule has 0 bridgehead atoms. The minimum absolute atomic E-state index is 0.830. The summed E-state index contributed by atoms with van der Waals surface area (Å²) < 4.78 is 0. The molecular weight excluding hydrogens is 116 g/mol. The number of hydrogen-bond donors (Lipinski definition) is 0. The normalized spacial score (nSPS) is 23.0. The highest BCUT2D eigenvalue weighted by atomic mass is 32.2. The van der Waals surface area contributed by atoms with Gasteiger partial charge in [-0.05, 0) is 30.3 Å². The zero-order chi connectivity index (χ0) is 5.82. The summed E-state index contributed by atoms with van der Waals surface area (Å²) >= 11 is 2.07. The van der Waals surface area contributed by atoms with E-state index >= 15 is 0 Å². The second kappa shape index (κ2) is 3.18. The third-order valence-electron chi connectivity index (χ3n) is 1.60. The van der Waals surface area contributed by atoms with Gasteiger partial charge >= 0.3 is 0 Å². The quantitative estimate of drug-likeness (QED) is 0.488. The Balaban J connectivity index is 2.22. The Morgan fingerprint density at radius 2 is 2.00 bits per heavy atom. The summed E-state index contributed by atoms with van der Waals surface area (Å²) in [6.45, 7) is 3.78. The lowest BCUT2D eigenvalue weighted by Gasteiger charge is -2.16. The van der Waals surface area contributed by atoms with Crippen molar-refractivity contribution in [1.82, 2.24) is 0 Å². The van der Waals surface area contributed by atoms with Crippen LogP contribution in [-0.4, -0.2) is 11.5 Å². The van der Waals surface area contributed by atoms with E-state index in [4.69, 9.17) is 0 Å². The Labute approximate surface area is 55.4 Å². The van der Waals surface area contributed by atoms with Crippen LogP contribution in [0.25, 0.3) is 0 Å². The molecule has 1 aliphatic rings. The highest BCUT2D eigenvalue weighted by molar-refractivity contribution is 7.99. The van der Waals surface area contributed by atoms with E-state index in [9.17, 15) is 0 Å². The summed E-state index contributed by atoms with van der Waals surface area (Å²) in [7, 11) is 0. The van der Waals surface area contributed by atoms with Crippen molar-refractivity contribution in [3.8, 4) is 0 Å². The summed E-state index contributed by atoms with van der Waals surface area (Å²) in [5.74, 6) is 3.52. The Morgan fingerprint density at radius 3 is 2.38 bits per heavy atom. The van der Waals surface area contributed by atoms with Gasteiger partial charge < -0.3 is 0 Å². The molecule has 0 nitrogen and oxygen atoms in total. The maximum Gasteiger partial charge on any atom is -0.00619 e. The van der Waals surface area contributed by atoms with Gasteiger partial charge in [0, 0.05) is 0 Å². The average Bonchev–Trinajstić information content (AvgIpc) is 1.90. The molecule has 1 saturated heterocycles. The summed E-state index contributed by atoms with van der Waals surface area (Å²) in [6, 6.07) is 0. The van der Waals surface area contributed by atoms with Crippen LogP contribution in [0.3, 0.4) is 0 Å². The van der Waals surface area contributed by atoms with Gasteiger partial charge in [-0.3, -0.25) is 0 Å². The number of rotatable bonds is 1. The molecule has 0 unspecified atom stereocenters. The van der Waals surface area contributed by atoms with Crippen LogP contribution < -0.4 is 0 Å². The van der Waals surface area contributed by atoms with Crippen molar-refractivity contribution < 1.29 is 0 Å². The minimum atomic E-state index is 0.830. The lowest BCUT2D eigenvalue weighted by atomic mass is 10.0. The summed E-state index contributed by atoms with van der Waals surface area (Å²) in [5.41, 5.74) is 0. The van der Waals surface area contributed by atoms with Crippen molar-refractivity contribution in [2.75, 3.05) is 11.5 Å². The van der Waals surface area contributed by atoms with Crippen molar-refractivity contribution >= 4 is 11.8 Å². The van der Waals surface area contributed by atoms with Gasteiger partial charge in [0.15, 0.2) is 0 Å². The first-order valence-electron chi connectivity index (χ1n) is 3.14. The molecule has 1 fully saturated rings. The third-order valence-corrected chi connectivity index (χ3v) is 2.65. The van der Waals surface area contributed by atoms with E-state index in [1.54, 1.807) is 0 Å². The van der Waals surface area contributed by atoms with E-state index in [0.29, 0.717) is 0 Å². The van der Waals surface area contributed by atoms with Crippen molar-refractivity contribution in [1.29, 1.82) is 0 Å². The van der Waals surface area contributed by atoms with Gasteiger partial charge in [-0.2, -0.15) is 11.8 Å². The van der Waals surface area contributed by atoms with Crippen molar-refractivity contribution in [3.05, 3.63) is 12.7 Å². The first-order chi connectivity index (χ1) is 3.93. The molecular formula is C7H12S. The van der Waals surface area contributed by atoms with Gasteiger partial charge in [-0.15, -0.1) is 6.58 Å². The Kier molecular flexibility index (Phi) is 2.47. The summed E-state index contributed by atoms with van der Waals surface area (Å²) in [5, 5.41) is 0. The minimum Gasteiger partial charge on any atom is -0.162 e. The fourth-order valence-corrected chi connectivity index (χ4v) is 2.09. The summed E-state index contributed by atoms with van der Waals surface area (Å²) in [4.78, 5) is 0. The van der Waals surface area contributed by atoms with Crippen LogP contribution in [0.1, 0.15) is 12.8 Å². The molecule has 0 aromatic rings. The number of allylic oxidation sites excluding steroid dienone is 1. The van der Waals surface area contributed by atoms with Gasteiger partial charge in [-0.1, -0.05) is 6.08 Å². The molecule has 1 heteroatoms. The Morgan fingerprint density at radius 1 is 1.38 bits per heavy atom. The third kappa shape index (κ3) is 1.55. The molecule has 0 saturated carbocycles. The summed E-state index contributed by atoms with van der Waals surface area (Å²) in [6.07, 6.45) is 4.81. The van der Waals surface area contributed by atoms with Crippen LogP contribution in [0.4, 0.5) is 0 Å². The van der Waals surface area contributed by atoms with E-state index in [-0.39, 0.29) is 0 Å². The molecule has 0 atom stereocenters. The van der Waals surface area contributed by atoms with Gasteiger partial charge in [0.05, 0.1) is 0 Å². The van der Waals surface area contributed by atoms with E-state index in [0.717, 1.165) is 5.92 Å². The van der Waals surface area contributed by atoms with E-state index in [2.05, 4.69) is 24.4 Å². The molecule has 1 aliphatic heterocycles. The predicted octanol–water partition coefficient (Wildman–Crippen LogP) is 2.32. The van der Waals surface area contributed by atoms with Gasteiger partial charge in [0.25, 0.3) is 0 Å². The molecule has 0 radical (unpaired) electrons. The fraction of sp³-hybridized carbons (Fsp3) is 0.714. The topological polar surface area (TPSA) is 0 Å². The highest BCUT2D eigenvalue weighted by Crippen LogP contribution is 2.22. The molecule has 0 spiro atoms. The zero-order valence-corrected chi connectivity index (χ0v) is 5.91. The molecule has 46 valence electrons. The number of thioether (sulfide) groups is 1. The standard InChI is InChI=1S/C7H12S/c1-2-7-3-5-8-6-4-7/h2,7H,1,3-6H2. The lowest BCUT2D eigenvalue weighted by molar-refractivity contribution is 0.603. The van der Waals surface area contributed by atoms with Crippen LogP contribution in [0, 0.1) is 5.92 Å². The molecule has 1 heterocycles. The van der Waals surface area contributed by atoms with Crippen molar-refractivity contribution in [3.63, 3.8) is 0 Å². The molecule has 0 aromatic carbocycles. The molecule has 8 heavy (non-hydrogen) atoms. The van der Waals surface area contributed by atoms with Crippen LogP contribution in [-0.2, 0) is 0 Å². The number of hydrogen-bond acceptors (Lipinski definition) is 1. The maximum absolute atomic E-state index is 3.78. The Hall–Kier alpha value is 0.0900. The van der Waals surface area contributed by atoms with Crippen LogP contribution in [0.15, 0.2) is 12.7 Å². The molecule has 0 aromatic heterocycles. The van der Waals surface area contributed by atoms with Crippen molar-refractivity contribution in [2.24, 2.45) is 5.92 Å². The molecule has 0 N–H and O–H groups in total. The van der Waals surface area contributed by atoms with Crippen LogP contribution in [0.2, 0.25) is 0 Å². The predicted molar refractivity (Wildman–Crippen MR) is 40.2 cm³/mol. The highest BCUT2D eigenvalue weighted by Gasteiger charge is 2.08. The van der Waals surface area contributed by atoms with Crippen LogP contribution >= 0.6 is 11.8 Å². The van der Waals surface area contributed by atoms with Crippen LogP contribution in [0.5, 0.6) is 0 Å². The van der Waals surface area contributed by atoms with Gasteiger partial charge in [0.1, 0.15) is 0 Å². The van der Waals surface area contributed by atoms with E-state index in [1.807, 2.05) is 0 Å². The molecule has 0 aliphatic carbocycles. The maximum atomic E-state index is 3.78. The largest absolute Gasteiger partial charge is 0.162 e. The average molecular weight is 128 g/mol. The molecule has 0 amide bonds. The second-order valence-electron chi connectivity index (χ2n) is 2.19. The fourth-order valence-electron chi connectivity index (χ4n) is 0.952. The first-order valence-corrected chi connectivity index (χ1v) is 4.29. The van der Waals surface area contributed by atoms with Gasteiger partial charge in [-0.25, -0.2) is 0 Å². The lowest BCUT2D eigenvalue weighted by Crippen LogP contribution is -2.05. The van der Waals surface area contributed by atoms with Crippen molar-refractivity contribution in [2.45, 2.75) is 12.8 Å². The Bertz CT molecular complexity index is 72.5. The molecule has 1 rings (SSSR count). The smallest absolute Gasteiger partial charge is 0.00619 e. The second-order valence-corrected chi connectivity index (χ2v) is 3.41. The monoisotopic (exact) mass is 128 g/mol. The zero-order valence-electron chi connectivity index (χ0n) is 5.10. The SMILES string of the molecule is C=CC1CCSCC1. The van der Waals surface area contributed by atoms with E-state index < -0.39 is 0 Å². The van der Waals surface area contributed by atoms with E-state index in [1.165, 1.54) is 24.3 Å². The van der Waals surface area contributed by atoms with Gasteiger partial charge in [0.2, 0.25) is 0 Å².